The van der Waals surface area contributed by atoms with Crippen molar-refractivity contribution in [1.82, 2.24) is 4.31 Å². The normalized spacial score (nSPS) is 25.2. The topological polar surface area (TPSA) is 46.6 Å². The van der Waals surface area contributed by atoms with Gasteiger partial charge in [-0.1, -0.05) is 0 Å². The van der Waals surface area contributed by atoms with Gasteiger partial charge in [-0.3, -0.25) is 0 Å². The van der Waals surface area contributed by atoms with Crippen LogP contribution in [0.25, 0.3) is 0 Å². The number of nitrogens with zero attached hydrogens (tertiary/aromatic N) is 1. The summed E-state index contributed by atoms with van der Waals surface area (Å²) < 4.78 is 29.1. The predicted molar refractivity (Wildman–Crippen MR) is 51.0 cm³/mol. The lowest BCUT2D eigenvalue weighted by atomic mass is 10.1. The number of ether oxygens (including phenoxy) is 1. The van der Waals surface area contributed by atoms with E-state index in [2.05, 4.69) is 0 Å². The molecule has 1 aliphatic rings. The summed E-state index contributed by atoms with van der Waals surface area (Å²) in [5, 5.41) is 0. The Hall–Kier alpha value is -0.130. The molecule has 1 saturated heterocycles. The average Bonchev–Trinajstić information content (AvgIpc) is 2.47. The van der Waals surface area contributed by atoms with Crippen LogP contribution in [0.5, 0.6) is 0 Å². The van der Waals surface area contributed by atoms with E-state index in [0.29, 0.717) is 32.2 Å². The van der Waals surface area contributed by atoms with E-state index in [1.165, 1.54) is 10.6 Å². The van der Waals surface area contributed by atoms with Gasteiger partial charge in [-0.15, -0.1) is 0 Å². The molecule has 1 rings (SSSR count). The third kappa shape index (κ3) is 3.25. The van der Waals surface area contributed by atoms with Gasteiger partial charge >= 0.3 is 0 Å². The van der Waals surface area contributed by atoms with Crippen LogP contribution in [0.4, 0.5) is 0 Å². The first kappa shape index (κ1) is 10.9. The van der Waals surface area contributed by atoms with Crippen molar-refractivity contribution in [2.75, 3.05) is 32.6 Å². The van der Waals surface area contributed by atoms with Crippen LogP contribution in [0.3, 0.4) is 0 Å². The maximum absolute atomic E-state index is 11.1. The molecule has 0 N–H and O–H groups in total. The summed E-state index contributed by atoms with van der Waals surface area (Å²) in [4.78, 5) is 0. The highest BCUT2D eigenvalue weighted by atomic mass is 32.2. The van der Waals surface area contributed by atoms with E-state index >= 15 is 0 Å². The molecule has 1 heterocycles. The van der Waals surface area contributed by atoms with Gasteiger partial charge in [0.25, 0.3) is 0 Å². The zero-order valence-electron chi connectivity index (χ0n) is 8.19. The van der Waals surface area contributed by atoms with Crippen LogP contribution >= 0.6 is 0 Å². The summed E-state index contributed by atoms with van der Waals surface area (Å²) in [6, 6.07) is 0. The SMILES string of the molecule is CCOCC1CCN(S(C)(=O)=O)C1. The monoisotopic (exact) mass is 207 g/mol. The minimum absolute atomic E-state index is 0.384. The van der Waals surface area contributed by atoms with Crippen molar-refractivity contribution >= 4 is 10.0 Å². The number of hydrogen-bond acceptors (Lipinski definition) is 3. The van der Waals surface area contributed by atoms with Gasteiger partial charge in [0, 0.05) is 19.7 Å². The van der Waals surface area contributed by atoms with Gasteiger partial charge in [0.15, 0.2) is 0 Å². The first-order chi connectivity index (χ1) is 6.04. The van der Waals surface area contributed by atoms with E-state index in [0.717, 1.165) is 6.42 Å². The smallest absolute Gasteiger partial charge is 0.211 e. The maximum atomic E-state index is 11.1. The molecule has 0 aromatic heterocycles. The van der Waals surface area contributed by atoms with Crippen LogP contribution in [0.2, 0.25) is 0 Å². The van der Waals surface area contributed by atoms with Gasteiger partial charge in [-0.25, -0.2) is 12.7 Å². The lowest BCUT2D eigenvalue weighted by Crippen LogP contribution is -2.28. The lowest BCUT2D eigenvalue weighted by Gasteiger charge is -2.12. The Morgan fingerprint density at radius 3 is 2.69 bits per heavy atom. The molecular weight excluding hydrogens is 190 g/mol. The van der Waals surface area contributed by atoms with Crippen molar-refractivity contribution in [3.05, 3.63) is 0 Å². The van der Waals surface area contributed by atoms with Crippen molar-refractivity contribution in [3.8, 4) is 0 Å². The molecule has 1 aliphatic heterocycles. The van der Waals surface area contributed by atoms with E-state index in [9.17, 15) is 8.42 Å². The van der Waals surface area contributed by atoms with Crippen LogP contribution in [0.1, 0.15) is 13.3 Å². The van der Waals surface area contributed by atoms with Crippen molar-refractivity contribution in [1.29, 1.82) is 0 Å². The van der Waals surface area contributed by atoms with Crippen molar-refractivity contribution in [2.45, 2.75) is 13.3 Å². The minimum Gasteiger partial charge on any atom is -0.381 e. The first-order valence-corrected chi connectivity index (χ1v) is 6.41. The molecular formula is C8H17NO3S. The Bertz CT molecular complexity index is 250. The molecule has 0 amide bonds. The van der Waals surface area contributed by atoms with E-state index in [1.54, 1.807) is 0 Å². The summed E-state index contributed by atoms with van der Waals surface area (Å²) >= 11 is 0. The molecule has 0 radical (unpaired) electrons. The Labute approximate surface area is 79.9 Å². The Balaban J connectivity index is 2.37. The number of hydrogen-bond donors (Lipinski definition) is 0. The van der Waals surface area contributed by atoms with E-state index in [1.807, 2.05) is 6.92 Å². The minimum atomic E-state index is -2.98. The highest BCUT2D eigenvalue weighted by molar-refractivity contribution is 7.88. The summed E-state index contributed by atoms with van der Waals surface area (Å²) in [7, 11) is -2.98. The molecule has 0 spiro atoms. The van der Waals surface area contributed by atoms with Crippen molar-refractivity contribution in [3.63, 3.8) is 0 Å². The standard InChI is InChI=1S/C8H17NO3S/c1-3-12-7-8-4-5-9(6-8)13(2,10)11/h8H,3-7H2,1-2H3. The second-order valence-electron chi connectivity index (χ2n) is 3.44. The molecule has 5 heteroatoms. The molecule has 1 unspecified atom stereocenters. The largest absolute Gasteiger partial charge is 0.381 e. The van der Waals surface area contributed by atoms with Gasteiger partial charge in [-0.05, 0) is 19.3 Å². The van der Waals surface area contributed by atoms with Gasteiger partial charge in [0.1, 0.15) is 0 Å². The molecule has 4 nitrogen and oxygen atoms in total. The molecule has 1 fully saturated rings. The molecule has 0 saturated carbocycles. The van der Waals surface area contributed by atoms with Gasteiger partial charge < -0.3 is 4.74 Å². The fourth-order valence-electron chi connectivity index (χ4n) is 1.52. The van der Waals surface area contributed by atoms with E-state index in [-0.39, 0.29) is 0 Å². The zero-order chi connectivity index (χ0) is 9.90. The molecule has 1 atom stereocenters. The van der Waals surface area contributed by atoms with Gasteiger partial charge in [0.2, 0.25) is 10.0 Å². The number of sulfonamides is 1. The molecule has 78 valence electrons. The second-order valence-corrected chi connectivity index (χ2v) is 5.42. The van der Waals surface area contributed by atoms with Crippen LogP contribution in [0, 0.1) is 5.92 Å². The first-order valence-electron chi connectivity index (χ1n) is 4.57. The van der Waals surface area contributed by atoms with Crippen molar-refractivity contribution < 1.29 is 13.2 Å². The summed E-state index contributed by atoms with van der Waals surface area (Å²) in [6.45, 7) is 4.61. The van der Waals surface area contributed by atoms with Crippen molar-refractivity contribution in [2.24, 2.45) is 5.92 Å². The maximum Gasteiger partial charge on any atom is 0.211 e. The lowest BCUT2D eigenvalue weighted by molar-refractivity contribution is 0.115. The zero-order valence-corrected chi connectivity index (χ0v) is 9.01. The third-order valence-corrected chi connectivity index (χ3v) is 3.54. The molecule has 0 aromatic carbocycles. The quantitative estimate of drug-likeness (QED) is 0.666. The van der Waals surface area contributed by atoms with E-state index < -0.39 is 10.0 Å². The second kappa shape index (κ2) is 4.39. The molecule has 0 aliphatic carbocycles. The molecule has 13 heavy (non-hydrogen) atoms. The fraction of sp³-hybridized carbons (Fsp3) is 1.00. The highest BCUT2D eigenvalue weighted by Gasteiger charge is 2.28. The predicted octanol–water partition coefficient (Wildman–Crippen LogP) is 0.304. The van der Waals surface area contributed by atoms with Gasteiger partial charge in [0.05, 0.1) is 12.9 Å². The molecule has 0 bridgehead atoms. The van der Waals surface area contributed by atoms with Crippen LogP contribution < -0.4 is 0 Å². The fourth-order valence-corrected chi connectivity index (χ4v) is 2.44. The summed E-state index contributed by atoms with van der Waals surface area (Å²) in [5.74, 6) is 0.384. The van der Waals surface area contributed by atoms with Gasteiger partial charge in [-0.2, -0.15) is 0 Å². The third-order valence-electron chi connectivity index (χ3n) is 2.28. The number of rotatable bonds is 4. The van der Waals surface area contributed by atoms with Crippen LogP contribution in [0.15, 0.2) is 0 Å². The average molecular weight is 207 g/mol. The summed E-state index contributed by atoms with van der Waals surface area (Å²) in [6.07, 6.45) is 2.18. The van der Waals surface area contributed by atoms with Crippen LogP contribution in [-0.4, -0.2) is 45.3 Å². The Kier molecular flexibility index (Phi) is 3.70. The Morgan fingerprint density at radius 1 is 1.54 bits per heavy atom. The highest BCUT2D eigenvalue weighted by Crippen LogP contribution is 2.18. The molecule has 0 aromatic rings. The summed E-state index contributed by atoms with van der Waals surface area (Å²) in [5.41, 5.74) is 0. The van der Waals surface area contributed by atoms with Crippen LogP contribution in [-0.2, 0) is 14.8 Å². The Morgan fingerprint density at radius 2 is 2.23 bits per heavy atom. The van der Waals surface area contributed by atoms with E-state index in [4.69, 9.17) is 4.74 Å².